The van der Waals surface area contributed by atoms with Crippen LogP contribution in [0.25, 0.3) is 12.2 Å². The molecule has 134 valence electrons. The second-order valence-electron chi connectivity index (χ2n) is 6.68. The summed E-state index contributed by atoms with van der Waals surface area (Å²) in [4.78, 5) is 16.7. The average Bonchev–Trinajstić information content (AvgIpc) is 2.69. The lowest BCUT2D eigenvalue weighted by atomic mass is 10.1. The third-order valence-electron chi connectivity index (χ3n) is 4.65. The number of hydrogen-bond donors (Lipinski definition) is 0. The minimum atomic E-state index is 0.102. The first-order chi connectivity index (χ1) is 12.7. The van der Waals surface area contributed by atoms with Gasteiger partial charge in [0.05, 0.1) is 0 Å². The molecular weight excluding hydrogens is 320 g/mol. The number of piperazine rings is 1. The Hall–Kier alpha value is -2.65. The van der Waals surface area contributed by atoms with E-state index in [0.29, 0.717) is 0 Å². The highest BCUT2D eigenvalue weighted by atomic mass is 16.2. The van der Waals surface area contributed by atoms with E-state index in [2.05, 4.69) is 48.2 Å². The summed E-state index contributed by atoms with van der Waals surface area (Å²) in [6, 6.07) is 18.5. The second-order valence-corrected chi connectivity index (χ2v) is 6.68. The molecule has 3 nitrogen and oxygen atoms in total. The third-order valence-corrected chi connectivity index (χ3v) is 4.65. The molecule has 0 N–H and O–H groups in total. The largest absolute Gasteiger partial charge is 0.337 e. The van der Waals surface area contributed by atoms with Crippen LogP contribution in [0.5, 0.6) is 0 Å². The van der Waals surface area contributed by atoms with Gasteiger partial charge in [0.1, 0.15) is 0 Å². The number of hydrogen-bond acceptors (Lipinski definition) is 2. The highest BCUT2D eigenvalue weighted by molar-refractivity contribution is 5.91. The monoisotopic (exact) mass is 346 g/mol. The lowest BCUT2D eigenvalue weighted by Crippen LogP contribution is -2.48. The van der Waals surface area contributed by atoms with Gasteiger partial charge in [-0.15, -0.1) is 0 Å². The van der Waals surface area contributed by atoms with Gasteiger partial charge in [-0.1, -0.05) is 72.3 Å². The van der Waals surface area contributed by atoms with Crippen molar-refractivity contribution < 1.29 is 4.79 Å². The van der Waals surface area contributed by atoms with Crippen molar-refractivity contribution in [3.8, 4) is 0 Å². The van der Waals surface area contributed by atoms with Crippen LogP contribution < -0.4 is 0 Å². The molecule has 1 fully saturated rings. The topological polar surface area (TPSA) is 23.6 Å². The van der Waals surface area contributed by atoms with Crippen molar-refractivity contribution in [1.29, 1.82) is 0 Å². The van der Waals surface area contributed by atoms with Gasteiger partial charge in [-0.05, 0) is 24.1 Å². The van der Waals surface area contributed by atoms with E-state index in [4.69, 9.17) is 0 Å². The SMILES string of the molecule is Cc1ccc(/C=C/C(=O)N2CCN(C/C=C/c3ccccc3)CC2)cc1. The predicted octanol–water partition coefficient (Wildman–Crippen LogP) is 3.87. The summed E-state index contributed by atoms with van der Waals surface area (Å²) in [7, 11) is 0. The minimum absolute atomic E-state index is 0.102. The van der Waals surface area contributed by atoms with Crippen LogP contribution in [0.2, 0.25) is 0 Å². The van der Waals surface area contributed by atoms with Gasteiger partial charge in [0, 0.05) is 38.8 Å². The summed E-state index contributed by atoms with van der Waals surface area (Å²) in [6.07, 6.45) is 7.94. The molecule has 0 saturated carbocycles. The number of carbonyl (C=O) groups is 1. The summed E-state index contributed by atoms with van der Waals surface area (Å²) >= 11 is 0. The summed E-state index contributed by atoms with van der Waals surface area (Å²) in [5.74, 6) is 0.102. The fraction of sp³-hybridized carbons (Fsp3) is 0.261. The molecule has 0 bridgehead atoms. The first-order valence-corrected chi connectivity index (χ1v) is 9.18. The normalized spacial score (nSPS) is 15.8. The van der Waals surface area contributed by atoms with Crippen molar-refractivity contribution in [2.24, 2.45) is 0 Å². The van der Waals surface area contributed by atoms with E-state index in [9.17, 15) is 4.79 Å². The lowest BCUT2D eigenvalue weighted by Gasteiger charge is -2.33. The molecule has 1 aliphatic heterocycles. The van der Waals surface area contributed by atoms with Gasteiger partial charge >= 0.3 is 0 Å². The molecule has 0 spiro atoms. The van der Waals surface area contributed by atoms with Crippen molar-refractivity contribution in [1.82, 2.24) is 9.80 Å². The second kappa shape index (κ2) is 9.16. The Bertz CT molecular complexity index is 755. The highest BCUT2D eigenvalue weighted by Crippen LogP contribution is 2.08. The zero-order valence-electron chi connectivity index (χ0n) is 15.3. The Labute approximate surface area is 156 Å². The Balaban J connectivity index is 1.43. The van der Waals surface area contributed by atoms with Crippen LogP contribution in [-0.4, -0.2) is 48.4 Å². The molecule has 0 atom stereocenters. The predicted molar refractivity (Wildman–Crippen MR) is 109 cm³/mol. The zero-order valence-corrected chi connectivity index (χ0v) is 15.3. The smallest absolute Gasteiger partial charge is 0.246 e. The van der Waals surface area contributed by atoms with Crippen molar-refractivity contribution in [3.63, 3.8) is 0 Å². The number of amides is 1. The molecule has 26 heavy (non-hydrogen) atoms. The Morgan fingerprint density at radius 3 is 2.23 bits per heavy atom. The molecule has 3 heteroatoms. The Morgan fingerprint density at radius 1 is 0.885 bits per heavy atom. The quantitative estimate of drug-likeness (QED) is 0.768. The first-order valence-electron chi connectivity index (χ1n) is 9.18. The van der Waals surface area contributed by atoms with Crippen molar-refractivity contribution >= 4 is 18.1 Å². The minimum Gasteiger partial charge on any atom is -0.337 e. The number of aryl methyl sites for hydroxylation is 1. The first kappa shape index (κ1) is 18.2. The van der Waals surface area contributed by atoms with E-state index in [1.54, 1.807) is 6.08 Å². The van der Waals surface area contributed by atoms with E-state index in [0.717, 1.165) is 38.3 Å². The van der Waals surface area contributed by atoms with Gasteiger partial charge in [0.2, 0.25) is 5.91 Å². The average molecular weight is 346 g/mol. The van der Waals surface area contributed by atoms with Crippen LogP contribution in [0.4, 0.5) is 0 Å². The zero-order chi connectivity index (χ0) is 18.2. The number of rotatable bonds is 5. The van der Waals surface area contributed by atoms with Gasteiger partial charge < -0.3 is 4.90 Å². The Morgan fingerprint density at radius 2 is 1.54 bits per heavy atom. The van der Waals surface area contributed by atoms with Crippen LogP contribution in [0.3, 0.4) is 0 Å². The third kappa shape index (κ3) is 5.43. The fourth-order valence-electron chi connectivity index (χ4n) is 3.00. The molecule has 2 aromatic rings. The molecule has 3 rings (SSSR count). The van der Waals surface area contributed by atoms with Crippen LogP contribution in [0.1, 0.15) is 16.7 Å². The van der Waals surface area contributed by atoms with Crippen LogP contribution in [0, 0.1) is 6.92 Å². The molecule has 0 aliphatic carbocycles. The molecule has 0 aromatic heterocycles. The van der Waals surface area contributed by atoms with E-state index in [1.165, 1.54) is 11.1 Å². The maximum Gasteiger partial charge on any atom is 0.246 e. The van der Waals surface area contributed by atoms with Crippen LogP contribution >= 0.6 is 0 Å². The highest BCUT2D eigenvalue weighted by Gasteiger charge is 2.18. The summed E-state index contributed by atoms with van der Waals surface area (Å²) in [6.45, 7) is 6.41. The van der Waals surface area contributed by atoms with E-state index < -0.39 is 0 Å². The lowest BCUT2D eigenvalue weighted by molar-refractivity contribution is -0.127. The summed E-state index contributed by atoms with van der Waals surface area (Å²) in [5.41, 5.74) is 3.52. The summed E-state index contributed by atoms with van der Waals surface area (Å²) < 4.78 is 0. The number of benzene rings is 2. The molecule has 1 amide bonds. The molecule has 1 heterocycles. The molecule has 0 unspecified atom stereocenters. The number of nitrogens with zero attached hydrogens (tertiary/aromatic N) is 2. The van der Waals surface area contributed by atoms with Gasteiger partial charge in [-0.3, -0.25) is 9.69 Å². The van der Waals surface area contributed by atoms with Crippen molar-refractivity contribution in [2.75, 3.05) is 32.7 Å². The van der Waals surface area contributed by atoms with Gasteiger partial charge in [-0.25, -0.2) is 0 Å². The number of carbonyl (C=O) groups excluding carboxylic acids is 1. The molecule has 2 aromatic carbocycles. The summed E-state index contributed by atoms with van der Waals surface area (Å²) in [5, 5.41) is 0. The Kier molecular flexibility index (Phi) is 6.39. The van der Waals surface area contributed by atoms with Gasteiger partial charge in [-0.2, -0.15) is 0 Å². The molecular formula is C23H26N2O. The van der Waals surface area contributed by atoms with E-state index in [1.807, 2.05) is 41.3 Å². The van der Waals surface area contributed by atoms with Crippen molar-refractivity contribution in [3.05, 3.63) is 83.4 Å². The maximum absolute atomic E-state index is 12.4. The van der Waals surface area contributed by atoms with E-state index >= 15 is 0 Å². The van der Waals surface area contributed by atoms with Crippen LogP contribution in [0.15, 0.2) is 66.7 Å². The standard InChI is InChI=1S/C23H26N2O/c1-20-9-11-22(12-10-20)13-14-23(26)25-18-16-24(17-19-25)15-5-8-21-6-3-2-4-7-21/h2-14H,15-19H2,1H3/b8-5+,14-13+. The maximum atomic E-state index is 12.4. The van der Waals surface area contributed by atoms with Crippen LogP contribution in [-0.2, 0) is 4.79 Å². The van der Waals surface area contributed by atoms with Crippen molar-refractivity contribution in [2.45, 2.75) is 6.92 Å². The molecule has 1 aliphatic rings. The molecule has 1 saturated heterocycles. The van der Waals surface area contributed by atoms with Gasteiger partial charge in [0.15, 0.2) is 0 Å². The molecule has 0 radical (unpaired) electrons. The fourth-order valence-corrected chi connectivity index (χ4v) is 3.00. The van der Waals surface area contributed by atoms with Gasteiger partial charge in [0.25, 0.3) is 0 Å². The van der Waals surface area contributed by atoms with E-state index in [-0.39, 0.29) is 5.91 Å².